The van der Waals surface area contributed by atoms with Crippen LogP contribution in [0.1, 0.15) is 60.6 Å². The van der Waals surface area contributed by atoms with Gasteiger partial charge in [0.25, 0.3) is 11.8 Å². The predicted molar refractivity (Wildman–Crippen MR) is 180 cm³/mol. The Morgan fingerprint density at radius 2 is 1.62 bits per heavy atom. The SMILES string of the molecule is CCNC(=O)C1OC(n2cnc3c(NCC(c4ccccc4)c4ccccc4)nc(C(=O)NCCN4CCC(C)CC4)nc32)C(O)C1O. The zero-order valence-electron chi connectivity index (χ0n) is 27.3. The van der Waals surface area contributed by atoms with Crippen LogP contribution in [0.2, 0.25) is 0 Å². The molecule has 2 aromatic heterocycles. The molecule has 2 fully saturated rings. The van der Waals surface area contributed by atoms with Crippen molar-refractivity contribution in [2.75, 3.05) is 44.6 Å². The summed E-state index contributed by atoms with van der Waals surface area (Å²) in [6.07, 6.45) is -1.70. The van der Waals surface area contributed by atoms with Crippen LogP contribution in [-0.2, 0) is 9.53 Å². The van der Waals surface area contributed by atoms with Crippen LogP contribution in [-0.4, -0.2) is 104 Å². The lowest BCUT2D eigenvalue weighted by Crippen LogP contribution is -2.42. The third-order valence-corrected chi connectivity index (χ3v) is 9.21. The number of likely N-dealkylation sites (N-methyl/N-ethyl adjacent to an activating group) is 1. The minimum Gasteiger partial charge on any atom is -0.387 e. The zero-order valence-corrected chi connectivity index (χ0v) is 27.3. The molecule has 48 heavy (non-hydrogen) atoms. The lowest BCUT2D eigenvalue weighted by Gasteiger charge is -2.30. The van der Waals surface area contributed by atoms with Gasteiger partial charge in [0.05, 0.1) is 6.33 Å². The van der Waals surface area contributed by atoms with E-state index in [1.54, 1.807) is 6.92 Å². The van der Waals surface area contributed by atoms with Crippen molar-refractivity contribution in [3.8, 4) is 0 Å². The number of hydrogen-bond acceptors (Lipinski definition) is 10. The van der Waals surface area contributed by atoms with Gasteiger partial charge in [-0.05, 0) is 49.9 Å². The van der Waals surface area contributed by atoms with Crippen molar-refractivity contribution in [3.63, 3.8) is 0 Å². The second-order valence-electron chi connectivity index (χ2n) is 12.6. The fourth-order valence-corrected chi connectivity index (χ4v) is 6.40. The first kappa shape index (κ1) is 33.5. The predicted octanol–water partition coefficient (Wildman–Crippen LogP) is 2.29. The van der Waals surface area contributed by atoms with E-state index >= 15 is 0 Å². The molecule has 5 N–H and O–H groups in total. The van der Waals surface area contributed by atoms with Gasteiger partial charge >= 0.3 is 0 Å². The highest BCUT2D eigenvalue weighted by Gasteiger charge is 2.47. The summed E-state index contributed by atoms with van der Waals surface area (Å²) in [6.45, 7) is 7.95. The summed E-state index contributed by atoms with van der Waals surface area (Å²) in [7, 11) is 0. The quantitative estimate of drug-likeness (QED) is 0.153. The molecule has 13 heteroatoms. The highest BCUT2D eigenvalue weighted by Crippen LogP contribution is 2.33. The molecule has 254 valence electrons. The number of hydrogen-bond donors (Lipinski definition) is 5. The summed E-state index contributed by atoms with van der Waals surface area (Å²) in [5, 5.41) is 30.7. The maximum Gasteiger partial charge on any atom is 0.289 e. The fourth-order valence-electron chi connectivity index (χ4n) is 6.40. The van der Waals surface area contributed by atoms with Gasteiger partial charge in [-0.1, -0.05) is 67.6 Å². The molecule has 4 aromatic rings. The minimum absolute atomic E-state index is 0.0444. The molecule has 0 saturated carbocycles. The molecule has 4 atom stereocenters. The summed E-state index contributed by atoms with van der Waals surface area (Å²) in [5.74, 6) is -0.0628. The summed E-state index contributed by atoms with van der Waals surface area (Å²) >= 11 is 0. The lowest BCUT2D eigenvalue weighted by atomic mass is 9.91. The first-order chi connectivity index (χ1) is 23.3. The van der Waals surface area contributed by atoms with Crippen molar-refractivity contribution >= 4 is 28.8 Å². The van der Waals surface area contributed by atoms with Crippen molar-refractivity contribution in [2.45, 2.75) is 57.1 Å². The molecule has 4 heterocycles. The van der Waals surface area contributed by atoms with Gasteiger partial charge in [0.2, 0.25) is 5.82 Å². The van der Waals surface area contributed by atoms with Crippen LogP contribution in [0.15, 0.2) is 67.0 Å². The van der Waals surface area contributed by atoms with Gasteiger partial charge in [-0.25, -0.2) is 15.0 Å². The fraction of sp³-hybridized carbons (Fsp3) is 0.457. The van der Waals surface area contributed by atoms with Crippen LogP contribution >= 0.6 is 0 Å². The van der Waals surface area contributed by atoms with Gasteiger partial charge in [0.15, 0.2) is 29.3 Å². The molecule has 13 nitrogen and oxygen atoms in total. The van der Waals surface area contributed by atoms with Gasteiger partial charge in [0.1, 0.15) is 12.2 Å². The van der Waals surface area contributed by atoms with Gasteiger partial charge < -0.3 is 35.8 Å². The van der Waals surface area contributed by atoms with Crippen molar-refractivity contribution < 1.29 is 24.5 Å². The molecular weight excluding hydrogens is 612 g/mol. The van der Waals surface area contributed by atoms with E-state index in [4.69, 9.17) is 4.74 Å². The molecule has 4 unspecified atom stereocenters. The van der Waals surface area contributed by atoms with Crippen LogP contribution in [0.4, 0.5) is 5.82 Å². The van der Waals surface area contributed by atoms with Crippen molar-refractivity contribution in [1.82, 2.24) is 35.1 Å². The standard InChI is InChI=1S/C35H44N8O5/c1-3-36-33(46)29-27(44)28(45)35(48-29)43-21-39-26-30(38-20-25(23-10-6-4-7-11-23)24-12-8-5-9-13-24)40-31(41-32(26)43)34(47)37-16-19-42-17-14-22(2)15-18-42/h4-13,21-22,25,27-29,35,44-45H,3,14-20H2,1-2H3,(H,36,46)(H,37,47)(H,38,40,41). The van der Waals surface area contributed by atoms with Crippen molar-refractivity contribution in [1.29, 1.82) is 0 Å². The molecule has 2 aromatic carbocycles. The van der Waals surface area contributed by atoms with Crippen LogP contribution < -0.4 is 16.0 Å². The Bertz CT molecular complexity index is 1640. The van der Waals surface area contributed by atoms with Crippen molar-refractivity contribution in [3.05, 3.63) is 83.9 Å². The maximum absolute atomic E-state index is 13.5. The molecule has 2 aliphatic rings. The number of likely N-dealkylation sites (tertiary alicyclic amines) is 1. The largest absolute Gasteiger partial charge is 0.387 e. The summed E-state index contributed by atoms with van der Waals surface area (Å²) < 4.78 is 7.31. The molecule has 2 amide bonds. The number of ether oxygens (including phenoxy) is 1. The molecule has 0 aliphatic carbocycles. The van der Waals surface area contributed by atoms with Gasteiger partial charge in [-0.15, -0.1) is 0 Å². The first-order valence-corrected chi connectivity index (χ1v) is 16.7. The van der Waals surface area contributed by atoms with Crippen LogP contribution in [0.3, 0.4) is 0 Å². The van der Waals surface area contributed by atoms with E-state index < -0.39 is 36.4 Å². The first-order valence-electron chi connectivity index (χ1n) is 16.7. The van der Waals surface area contributed by atoms with E-state index in [2.05, 4.69) is 67.0 Å². The number of carbonyl (C=O) groups is 2. The van der Waals surface area contributed by atoms with Gasteiger partial charge in [-0.3, -0.25) is 14.2 Å². The number of fused-ring (bicyclic) bond motifs is 1. The Kier molecular flexibility index (Phi) is 10.6. The van der Waals surface area contributed by atoms with E-state index in [9.17, 15) is 19.8 Å². The number of piperidine rings is 1. The van der Waals surface area contributed by atoms with E-state index in [-0.39, 0.29) is 17.4 Å². The number of amides is 2. The number of aliphatic hydroxyl groups is 2. The second kappa shape index (κ2) is 15.2. The molecule has 2 saturated heterocycles. The summed E-state index contributed by atoms with van der Waals surface area (Å²) in [6, 6.07) is 20.2. The number of imidazole rings is 1. The number of anilines is 1. The normalized spacial score (nSPS) is 21.9. The zero-order chi connectivity index (χ0) is 33.6. The number of benzene rings is 2. The van der Waals surface area contributed by atoms with Crippen LogP contribution in [0.5, 0.6) is 0 Å². The highest BCUT2D eigenvalue weighted by molar-refractivity contribution is 5.94. The molecule has 6 rings (SSSR count). The molecule has 0 spiro atoms. The van der Waals surface area contributed by atoms with E-state index in [1.165, 1.54) is 10.9 Å². The van der Waals surface area contributed by atoms with Crippen LogP contribution in [0.25, 0.3) is 11.2 Å². The third-order valence-electron chi connectivity index (χ3n) is 9.21. The lowest BCUT2D eigenvalue weighted by molar-refractivity contribution is -0.137. The van der Waals surface area contributed by atoms with Gasteiger partial charge in [0, 0.05) is 32.1 Å². The Morgan fingerprint density at radius 1 is 0.958 bits per heavy atom. The third kappa shape index (κ3) is 7.34. The molecule has 0 bridgehead atoms. The maximum atomic E-state index is 13.5. The Balaban J connectivity index is 1.30. The number of rotatable bonds is 12. The van der Waals surface area contributed by atoms with Crippen molar-refractivity contribution in [2.24, 2.45) is 5.92 Å². The highest BCUT2D eigenvalue weighted by atomic mass is 16.6. The number of nitrogens with one attached hydrogen (secondary N) is 3. The summed E-state index contributed by atoms with van der Waals surface area (Å²) in [4.78, 5) is 42.2. The smallest absolute Gasteiger partial charge is 0.289 e. The number of carbonyl (C=O) groups excluding carboxylic acids is 2. The van der Waals surface area contributed by atoms with E-state index in [0.29, 0.717) is 31.0 Å². The molecule has 0 radical (unpaired) electrons. The Labute approximate surface area is 279 Å². The Morgan fingerprint density at radius 3 is 2.27 bits per heavy atom. The van der Waals surface area contributed by atoms with E-state index in [0.717, 1.165) is 49.5 Å². The second-order valence-corrected chi connectivity index (χ2v) is 12.6. The average Bonchev–Trinajstić information content (AvgIpc) is 3.66. The Hall–Kier alpha value is -4.43. The minimum atomic E-state index is -1.48. The number of nitrogens with zero attached hydrogens (tertiary/aromatic N) is 5. The molecule has 2 aliphatic heterocycles. The average molecular weight is 657 g/mol. The topological polar surface area (TPSA) is 167 Å². The van der Waals surface area contributed by atoms with Crippen LogP contribution in [0, 0.1) is 5.92 Å². The monoisotopic (exact) mass is 656 g/mol. The molecular formula is C35H44N8O5. The van der Waals surface area contributed by atoms with E-state index in [1.807, 2.05) is 36.4 Å². The number of aromatic nitrogens is 4. The number of aliphatic hydroxyl groups excluding tert-OH is 2. The van der Waals surface area contributed by atoms with Gasteiger partial charge in [-0.2, -0.15) is 0 Å². The summed E-state index contributed by atoms with van der Waals surface area (Å²) in [5.41, 5.74) is 2.77.